The lowest BCUT2D eigenvalue weighted by Crippen LogP contribution is -2.31. The predicted molar refractivity (Wildman–Crippen MR) is 80.8 cm³/mol. The summed E-state index contributed by atoms with van der Waals surface area (Å²) in [6.07, 6.45) is 0. The highest BCUT2D eigenvalue weighted by Crippen LogP contribution is 2.26. The van der Waals surface area contributed by atoms with Crippen molar-refractivity contribution in [3.8, 4) is 0 Å². The summed E-state index contributed by atoms with van der Waals surface area (Å²) in [4.78, 5) is 11.2. The molecule has 0 saturated carbocycles. The van der Waals surface area contributed by atoms with E-state index in [1.165, 1.54) is 0 Å². The fourth-order valence-electron chi connectivity index (χ4n) is 1.49. The van der Waals surface area contributed by atoms with Gasteiger partial charge in [0.25, 0.3) is 15.0 Å². The van der Waals surface area contributed by atoms with Crippen LogP contribution in [0, 0.1) is 17.7 Å². The molecule has 0 radical (unpaired) electrons. The van der Waals surface area contributed by atoms with E-state index in [0.717, 1.165) is 12.1 Å². The largest absolute Gasteiger partial charge is 0.352 e. The molecule has 0 fully saturated rings. The van der Waals surface area contributed by atoms with Crippen molar-refractivity contribution in [3.63, 3.8) is 0 Å². The lowest BCUT2D eigenvalue weighted by molar-refractivity contribution is 0.0940. The van der Waals surface area contributed by atoms with Crippen molar-refractivity contribution in [2.24, 2.45) is 11.8 Å². The van der Waals surface area contributed by atoms with Crippen molar-refractivity contribution in [3.05, 3.63) is 28.5 Å². The number of carbonyl (C=O) groups is 1. The molecular formula is C13H16Cl2FNO3S. The van der Waals surface area contributed by atoms with Gasteiger partial charge in [-0.2, -0.15) is 0 Å². The molecule has 1 aromatic carbocycles. The first-order valence-corrected chi connectivity index (χ1v) is 8.94. The number of amides is 1. The molecule has 118 valence electrons. The van der Waals surface area contributed by atoms with Gasteiger partial charge in [-0.3, -0.25) is 4.79 Å². The van der Waals surface area contributed by atoms with Crippen molar-refractivity contribution in [1.29, 1.82) is 0 Å². The van der Waals surface area contributed by atoms with Gasteiger partial charge in [0.15, 0.2) is 5.82 Å². The lowest BCUT2D eigenvalue weighted by Gasteiger charge is -2.16. The second-order valence-electron chi connectivity index (χ2n) is 5.13. The van der Waals surface area contributed by atoms with Crippen LogP contribution in [0.25, 0.3) is 0 Å². The Balaban J connectivity index is 3.08. The van der Waals surface area contributed by atoms with E-state index in [9.17, 15) is 17.6 Å². The van der Waals surface area contributed by atoms with E-state index in [0.29, 0.717) is 12.5 Å². The van der Waals surface area contributed by atoms with Gasteiger partial charge in [-0.25, -0.2) is 12.8 Å². The summed E-state index contributed by atoms with van der Waals surface area (Å²) in [5.74, 6) is -1.41. The van der Waals surface area contributed by atoms with Gasteiger partial charge < -0.3 is 5.32 Å². The van der Waals surface area contributed by atoms with Gasteiger partial charge >= 0.3 is 0 Å². The van der Waals surface area contributed by atoms with Gasteiger partial charge in [-0.15, -0.1) is 0 Å². The summed E-state index contributed by atoms with van der Waals surface area (Å²) >= 11 is 5.72. The molecule has 1 rings (SSSR count). The topological polar surface area (TPSA) is 63.2 Å². The van der Waals surface area contributed by atoms with Gasteiger partial charge in [0.1, 0.15) is 4.90 Å². The number of benzene rings is 1. The van der Waals surface area contributed by atoms with Crippen molar-refractivity contribution in [2.45, 2.75) is 25.7 Å². The molecule has 1 amide bonds. The maximum absolute atomic E-state index is 14.1. The summed E-state index contributed by atoms with van der Waals surface area (Å²) in [5.41, 5.74) is -0.447. The fraction of sp³-hybridized carbons (Fsp3) is 0.462. The highest BCUT2D eigenvalue weighted by Gasteiger charge is 2.24. The quantitative estimate of drug-likeness (QED) is 0.823. The summed E-state index contributed by atoms with van der Waals surface area (Å²) in [5, 5.41) is 2.47. The first kappa shape index (κ1) is 18.2. The fourth-order valence-corrected chi connectivity index (χ4v) is 2.70. The number of halogens is 3. The van der Waals surface area contributed by atoms with Crippen LogP contribution in [0.15, 0.2) is 17.0 Å². The zero-order valence-electron chi connectivity index (χ0n) is 11.8. The van der Waals surface area contributed by atoms with E-state index in [1.807, 2.05) is 20.8 Å². The molecule has 1 unspecified atom stereocenters. The zero-order chi connectivity index (χ0) is 16.4. The van der Waals surface area contributed by atoms with E-state index < -0.39 is 31.2 Å². The van der Waals surface area contributed by atoms with E-state index >= 15 is 0 Å². The highest BCUT2D eigenvalue weighted by atomic mass is 35.7. The SMILES string of the molecule is CC(C)C(C)CNC(=O)c1cc(Cl)cc(S(=O)(=O)Cl)c1F. The monoisotopic (exact) mass is 355 g/mol. The highest BCUT2D eigenvalue weighted by molar-refractivity contribution is 8.13. The second kappa shape index (κ2) is 6.94. The predicted octanol–water partition coefficient (Wildman–Crippen LogP) is 3.43. The number of rotatable bonds is 5. The van der Waals surface area contributed by atoms with Crippen LogP contribution in [-0.2, 0) is 9.05 Å². The van der Waals surface area contributed by atoms with E-state index in [4.69, 9.17) is 22.3 Å². The Morgan fingerprint density at radius 3 is 2.38 bits per heavy atom. The summed E-state index contributed by atoms with van der Waals surface area (Å²) in [6.45, 7) is 6.27. The Labute approximate surface area is 133 Å². The van der Waals surface area contributed by atoms with Gasteiger partial charge in [-0.1, -0.05) is 32.4 Å². The number of carbonyl (C=O) groups excluding carboxylic acids is 1. The first-order valence-electron chi connectivity index (χ1n) is 6.26. The zero-order valence-corrected chi connectivity index (χ0v) is 14.1. The molecular weight excluding hydrogens is 340 g/mol. The molecule has 0 aromatic heterocycles. The molecule has 1 aromatic rings. The van der Waals surface area contributed by atoms with Crippen molar-refractivity contribution in [1.82, 2.24) is 5.32 Å². The van der Waals surface area contributed by atoms with Gasteiger partial charge in [0.2, 0.25) is 0 Å². The van der Waals surface area contributed by atoms with E-state index in [-0.39, 0.29) is 10.9 Å². The summed E-state index contributed by atoms with van der Waals surface area (Å²) in [7, 11) is 0.799. The standard InChI is InChI=1S/C13H16Cl2FNO3S/c1-7(2)8(3)6-17-13(18)10-4-9(14)5-11(12(10)16)21(15,19)20/h4-5,7-8H,6H2,1-3H3,(H,17,18). The molecule has 0 aliphatic heterocycles. The smallest absolute Gasteiger partial charge is 0.264 e. The lowest BCUT2D eigenvalue weighted by atomic mass is 9.98. The summed E-state index contributed by atoms with van der Waals surface area (Å²) < 4.78 is 36.6. The molecule has 0 spiro atoms. The third kappa shape index (κ3) is 4.83. The Bertz CT molecular complexity index is 647. The third-order valence-electron chi connectivity index (χ3n) is 3.23. The van der Waals surface area contributed by atoms with Crippen LogP contribution >= 0.6 is 22.3 Å². The first-order chi connectivity index (χ1) is 9.54. The molecule has 8 heteroatoms. The van der Waals surface area contributed by atoms with Gasteiger partial charge in [-0.05, 0) is 24.0 Å². The number of nitrogens with one attached hydrogen (secondary N) is 1. The van der Waals surface area contributed by atoms with E-state index in [1.54, 1.807) is 0 Å². The Morgan fingerprint density at radius 1 is 1.33 bits per heavy atom. The minimum atomic E-state index is -4.32. The minimum absolute atomic E-state index is 0.0855. The van der Waals surface area contributed by atoms with E-state index in [2.05, 4.69) is 5.32 Å². The Kier molecular flexibility index (Phi) is 6.01. The Morgan fingerprint density at radius 2 is 1.90 bits per heavy atom. The average Bonchev–Trinajstić information content (AvgIpc) is 2.36. The van der Waals surface area contributed by atoms with Crippen molar-refractivity contribution < 1.29 is 17.6 Å². The average molecular weight is 356 g/mol. The third-order valence-corrected chi connectivity index (χ3v) is 4.77. The molecule has 0 heterocycles. The second-order valence-corrected chi connectivity index (χ2v) is 8.11. The maximum Gasteiger partial charge on any atom is 0.264 e. The van der Waals surface area contributed by atoms with Crippen LogP contribution in [0.5, 0.6) is 0 Å². The molecule has 0 saturated heterocycles. The summed E-state index contributed by atoms with van der Waals surface area (Å²) in [6, 6.07) is 1.94. The maximum atomic E-state index is 14.1. The normalized spacial score (nSPS) is 13.3. The molecule has 0 aliphatic rings. The van der Waals surface area contributed by atoms with Crippen LogP contribution in [0.1, 0.15) is 31.1 Å². The van der Waals surface area contributed by atoms with Crippen LogP contribution in [0.4, 0.5) is 4.39 Å². The Hall–Kier alpha value is -0.850. The van der Waals surface area contributed by atoms with Gasteiger partial charge in [0.05, 0.1) is 5.56 Å². The number of hydrogen-bond acceptors (Lipinski definition) is 3. The van der Waals surface area contributed by atoms with Crippen LogP contribution in [0.2, 0.25) is 5.02 Å². The molecule has 0 aliphatic carbocycles. The molecule has 21 heavy (non-hydrogen) atoms. The van der Waals surface area contributed by atoms with Crippen molar-refractivity contribution in [2.75, 3.05) is 6.54 Å². The van der Waals surface area contributed by atoms with Gasteiger partial charge in [0, 0.05) is 22.2 Å². The molecule has 0 bridgehead atoms. The van der Waals surface area contributed by atoms with Crippen LogP contribution in [-0.4, -0.2) is 20.9 Å². The van der Waals surface area contributed by atoms with Crippen molar-refractivity contribution >= 4 is 37.2 Å². The molecule has 1 N–H and O–H groups in total. The minimum Gasteiger partial charge on any atom is -0.352 e. The van der Waals surface area contributed by atoms with Crippen LogP contribution in [0.3, 0.4) is 0 Å². The van der Waals surface area contributed by atoms with Crippen LogP contribution < -0.4 is 5.32 Å². The molecule has 4 nitrogen and oxygen atoms in total. The molecule has 1 atom stereocenters. The number of hydrogen-bond donors (Lipinski definition) is 1.